The number of nitrogens with zero attached hydrogens (tertiary/aromatic N) is 2. The molecule has 5 nitrogen and oxygen atoms in total. The van der Waals surface area contributed by atoms with Gasteiger partial charge in [-0.25, -0.2) is 9.97 Å². The van der Waals surface area contributed by atoms with E-state index in [2.05, 4.69) is 36.4 Å². The van der Waals surface area contributed by atoms with Crippen LogP contribution in [0.5, 0.6) is 5.75 Å². The highest BCUT2D eigenvalue weighted by Crippen LogP contribution is 2.25. The highest BCUT2D eigenvalue weighted by molar-refractivity contribution is 5.65. The van der Waals surface area contributed by atoms with Gasteiger partial charge in [-0.15, -0.1) is 0 Å². The van der Waals surface area contributed by atoms with Gasteiger partial charge in [-0.2, -0.15) is 0 Å². The van der Waals surface area contributed by atoms with Crippen LogP contribution < -0.4 is 15.4 Å². The number of nitrogens with one attached hydrogen (secondary N) is 2. The van der Waals surface area contributed by atoms with E-state index < -0.39 is 0 Å². The van der Waals surface area contributed by atoms with Crippen molar-refractivity contribution in [1.29, 1.82) is 0 Å². The van der Waals surface area contributed by atoms with Gasteiger partial charge in [0.15, 0.2) is 5.82 Å². The molecule has 0 unspecified atom stereocenters. The second kappa shape index (κ2) is 8.08. The summed E-state index contributed by atoms with van der Waals surface area (Å²) >= 11 is 0. The summed E-state index contributed by atoms with van der Waals surface area (Å²) in [4.78, 5) is 9.38. The van der Waals surface area contributed by atoms with E-state index in [0.29, 0.717) is 12.4 Å². The summed E-state index contributed by atoms with van der Waals surface area (Å²) in [7, 11) is 0. The van der Waals surface area contributed by atoms with E-state index in [0.717, 1.165) is 28.6 Å². The second-order valence-electron chi connectivity index (χ2n) is 7.29. The fourth-order valence-corrected chi connectivity index (χ4v) is 2.62. The summed E-state index contributed by atoms with van der Waals surface area (Å²) in [6.45, 7) is 8.95. The minimum absolute atomic E-state index is 0.0985. The van der Waals surface area contributed by atoms with Gasteiger partial charge < -0.3 is 15.4 Å². The van der Waals surface area contributed by atoms with Gasteiger partial charge in [0.05, 0.1) is 6.61 Å². The SMILES string of the molecule is CCOc1ccc(Nc2cc(NC(C)(C)C)nc(-c3ccccc3)n2)cc1. The van der Waals surface area contributed by atoms with E-state index in [1.165, 1.54) is 0 Å². The van der Waals surface area contributed by atoms with Gasteiger partial charge in [-0.3, -0.25) is 0 Å². The third kappa shape index (κ3) is 5.45. The number of hydrogen-bond donors (Lipinski definition) is 2. The van der Waals surface area contributed by atoms with Crippen molar-refractivity contribution >= 4 is 17.3 Å². The Balaban J connectivity index is 1.92. The zero-order valence-corrected chi connectivity index (χ0v) is 16.3. The smallest absolute Gasteiger partial charge is 0.163 e. The number of benzene rings is 2. The van der Waals surface area contributed by atoms with E-state index in [9.17, 15) is 0 Å². The average Bonchev–Trinajstić information content (AvgIpc) is 2.63. The number of hydrogen-bond acceptors (Lipinski definition) is 5. The lowest BCUT2D eigenvalue weighted by Gasteiger charge is -2.22. The first kappa shape index (κ1) is 18.7. The average molecular weight is 362 g/mol. The molecule has 27 heavy (non-hydrogen) atoms. The van der Waals surface area contributed by atoms with Crippen molar-refractivity contribution in [2.45, 2.75) is 33.2 Å². The van der Waals surface area contributed by atoms with Crippen LogP contribution in [0.1, 0.15) is 27.7 Å². The molecule has 0 saturated heterocycles. The quantitative estimate of drug-likeness (QED) is 0.607. The summed E-state index contributed by atoms with van der Waals surface area (Å²) in [5.41, 5.74) is 1.82. The van der Waals surface area contributed by atoms with Crippen molar-refractivity contribution in [2.24, 2.45) is 0 Å². The first-order valence-electron chi connectivity index (χ1n) is 9.15. The molecule has 0 radical (unpaired) electrons. The van der Waals surface area contributed by atoms with Crippen molar-refractivity contribution in [1.82, 2.24) is 9.97 Å². The first-order valence-corrected chi connectivity index (χ1v) is 9.15. The maximum absolute atomic E-state index is 5.50. The Bertz CT molecular complexity index is 871. The third-order valence-electron chi connectivity index (χ3n) is 3.70. The molecule has 3 aromatic rings. The van der Waals surface area contributed by atoms with Gasteiger partial charge in [-0.05, 0) is 52.0 Å². The molecular weight excluding hydrogens is 336 g/mol. The summed E-state index contributed by atoms with van der Waals surface area (Å²) in [6.07, 6.45) is 0. The third-order valence-corrected chi connectivity index (χ3v) is 3.70. The molecule has 0 bridgehead atoms. The molecular formula is C22H26N4O. The molecule has 0 aliphatic rings. The molecule has 0 aliphatic carbocycles. The van der Waals surface area contributed by atoms with Crippen LogP contribution in [0.3, 0.4) is 0 Å². The van der Waals surface area contributed by atoms with Crippen LogP contribution in [0.15, 0.2) is 60.7 Å². The van der Waals surface area contributed by atoms with E-state index in [-0.39, 0.29) is 5.54 Å². The number of aromatic nitrogens is 2. The monoisotopic (exact) mass is 362 g/mol. The molecule has 0 amide bonds. The Morgan fingerprint density at radius 1 is 0.889 bits per heavy atom. The van der Waals surface area contributed by atoms with Gasteiger partial charge >= 0.3 is 0 Å². The second-order valence-corrected chi connectivity index (χ2v) is 7.29. The molecule has 0 spiro atoms. The molecule has 0 atom stereocenters. The molecule has 1 heterocycles. The number of rotatable bonds is 6. The normalized spacial score (nSPS) is 11.1. The van der Waals surface area contributed by atoms with Crippen LogP contribution in [0, 0.1) is 0 Å². The minimum Gasteiger partial charge on any atom is -0.494 e. The standard InChI is InChI=1S/C22H26N4O/c1-5-27-18-13-11-17(12-14-18)23-19-15-20(26-22(2,3)4)25-21(24-19)16-9-7-6-8-10-16/h6-15H,5H2,1-4H3,(H2,23,24,25,26). The molecule has 5 heteroatoms. The molecule has 2 N–H and O–H groups in total. The van der Waals surface area contributed by atoms with Crippen LogP contribution in [0.2, 0.25) is 0 Å². The van der Waals surface area contributed by atoms with E-state index in [1.54, 1.807) is 0 Å². The summed E-state index contributed by atoms with van der Waals surface area (Å²) in [5, 5.41) is 6.80. The highest BCUT2D eigenvalue weighted by Gasteiger charge is 2.13. The predicted molar refractivity (Wildman–Crippen MR) is 112 cm³/mol. The lowest BCUT2D eigenvalue weighted by molar-refractivity contribution is 0.340. The van der Waals surface area contributed by atoms with Gasteiger partial charge in [0.25, 0.3) is 0 Å². The van der Waals surface area contributed by atoms with E-state index in [4.69, 9.17) is 9.72 Å². The summed E-state index contributed by atoms with van der Waals surface area (Å²) in [5.74, 6) is 3.05. The Morgan fingerprint density at radius 3 is 2.19 bits per heavy atom. The Hall–Kier alpha value is -3.08. The number of ether oxygens (including phenoxy) is 1. The van der Waals surface area contributed by atoms with Gasteiger partial charge in [0.2, 0.25) is 0 Å². The van der Waals surface area contributed by atoms with Gasteiger partial charge in [0, 0.05) is 22.9 Å². The summed E-state index contributed by atoms with van der Waals surface area (Å²) < 4.78 is 5.50. The molecule has 140 valence electrons. The molecule has 0 saturated carbocycles. The Kier molecular flexibility index (Phi) is 5.60. The Morgan fingerprint density at radius 2 is 1.56 bits per heavy atom. The molecule has 3 rings (SSSR count). The largest absolute Gasteiger partial charge is 0.494 e. The van der Waals surface area contributed by atoms with Crippen molar-refractivity contribution < 1.29 is 4.74 Å². The van der Waals surface area contributed by atoms with Gasteiger partial charge in [0.1, 0.15) is 17.4 Å². The minimum atomic E-state index is -0.0985. The zero-order chi connectivity index (χ0) is 19.3. The van der Waals surface area contributed by atoms with Crippen LogP contribution >= 0.6 is 0 Å². The predicted octanol–water partition coefficient (Wildman–Crippen LogP) is 5.50. The molecule has 0 fully saturated rings. The van der Waals surface area contributed by atoms with Crippen LogP contribution in [-0.2, 0) is 0 Å². The fraction of sp³-hybridized carbons (Fsp3) is 0.273. The van der Waals surface area contributed by atoms with Crippen molar-refractivity contribution in [2.75, 3.05) is 17.2 Å². The molecule has 1 aromatic heterocycles. The molecule has 2 aromatic carbocycles. The first-order chi connectivity index (χ1) is 12.9. The van der Waals surface area contributed by atoms with Crippen molar-refractivity contribution in [3.05, 3.63) is 60.7 Å². The lowest BCUT2D eigenvalue weighted by atomic mass is 10.1. The van der Waals surface area contributed by atoms with Gasteiger partial charge in [-0.1, -0.05) is 30.3 Å². The maximum atomic E-state index is 5.50. The highest BCUT2D eigenvalue weighted by atomic mass is 16.5. The van der Waals surface area contributed by atoms with E-state index >= 15 is 0 Å². The van der Waals surface area contributed by atoms with Crippen molar-refractivity contribution in [3.8, 4) is 17.1 Å². The van der Waals surface area contributed by atoms with Crippen molar-refractivity contribution in [3.63, 3.8) is 0 Å². The fourth-order valence-electron chi connectivity index (χ4n) is 2.62. The topological polar surface area (TPSA) is 59.1 Å². The van der Waals surface area contributed by atoms with Crippen LogP contribution in [0.4, 0.5) is 17.3 Å². The van der Waals surface area contributed by atoms with E-state index in [1.807, 2.05) is 67.6 Å². The maximum Gasteiger partial charge on any atom is 0.163 e. The molecule has 0 aliphatic heterocycles. The lowest BCUT2D eigenvalue weighted by Crippen LogP contribution is -2.26. The van der Waals surface area contributed by atoms with Crippen LogP contribution in [0.25, 0.3) is 11.4 Å². The summed E-state index contributed by atoms with van der Waals surface area (Å²) in [6, 6.07) is 19.8. The van der Waals surface area contributed by atoms with Crippen LogP contribution in [-0.4, -0.2) is 22.1 Å². The Labute approximate surface area is 160 Å². The zero-order valence-electron chi connectivity index (χ0n) is 16.3. The number of anilines is 3.